The molecule has 4 rings (SSSR count). The first-order valence-corrected chi connectivity index (χ1v) is 15.3. The van der Waals surface area contributed by atoms with Gasteiger partial charge in [0.2, 0.25) is 5.60 Å². The van der Waals surface area contributed by atoms with Crippen molar-refractivity contribution in [2.45, 2.75) is 37.0 Å². The van der Waals surface area contributed by atoms with E-state index < -0.39 is 85.5 Å². The van der Waals surface area contributed by atoms with E-state index in [2.05, 4.69) is 15.5 Å². The van der Waals surface area contributed by atoms with Gasteiger partial charge in [-0.05, 0) is 31.6 Å². The zero-order valence-electron chi connectivity index (χ0n) is 25.5. The number of nitrogens with one attached hydrogen (secondary N) is 1. The van der Waals surface area contributed by atoms with Crippen molar-refractivity contribution in [3.8, 4) is 0 Å². The van der Waals surface area contributed by atoms with E-state index in [0.717, 1.165) is 46.2 Å². The van der Waals surface area contributed by atoms with Gasteiger partial charge in [0.1, 0.15) is 22.8 Å². The van der Waals surface area contributed by atoms with E-state index >= 15 is 0 Å². The molecule has 0 aliphatic carbocycles. The third kappa shape index (κ3) is 9.12. The number of nitrogens with two attached hydrogens (primary N) is 1. The number of nitrogen functional groups attached to an aromatic ring is 1. The van der Waals surface area contributed by atoms with Crippen LogP contribution in [0.4, 0.5) is 29.7 Å². The number of rotatable bonds is 11. The van der Waals surface area contributed by atoms with Gasteiger partial charge in [0.15, 0.2) is 10.8 Å². The summed E-state index contributed by atoms with van der Waals surface area (Å²) >= 11 is 2.06. The van der Waals surface area contributed by atoms with E-state index in [1.165, 1.54) is 31.4 Å². The molecule has 2 aromatic rings. The van der Waals surface area contributed by atoms with E-state index in [1.807, 2.05) is 0 Å². The van der Waals surface area contributed by atoms with Crippen LogP contribution in [-0.4, -0.2) is 99.4 Å². The van der Waals surface area contributed by atoms with Crippen molar-refractivity contribution in [2.24, 2.45) is 5.16 Å². The Hall–Kier alpha value is -6.11. The molecule has 0 unspecified atom stereocenters. The van der Waals surface area contributed by atoms with Crippen LogP contribution in [0.15, 0.2) is 46.1 Å². The number of allylic oxidation sites excluding steroid dienone is 1. The lowest BCUT2D eigenvalue weighted by atomic mass is 10.0. The third-order valence-electron chi connectivity index (χ3n) is 6.47. The highest BCUT2D eigenvalue weighted by molar-refractivity contribution is 8.00. The Bertz CT molecular complexity index is 1910. The minimum absolute atomic E-state index is 0.0131. The molecule has 1 aromatic carbocycles. The molecule has 2 atom stereocenters. The first-order chi connectivity index (χ1) is 23.6. The Morgan fingerprint density at radius 2 is 1.75 bits per heavy atom. The Balaban J connectivity index is 0.000000908. The third-order valence-corrected chi connectivity index (χ3v) is 8.45. The molecule has 2 amide bonds. The van der Waals surface area contributed by atoms with Crippen LogP contribution in [0, 0.1) is 20.2 Å². The monoisotopic (exact) mass is 761 g/mol. The average molecular weight is 762 g/mol. The van der Waals surface area contributed by atoms with Crippen LogP contribution in [0.1, 0.15) is 25.1 Å². The van der Waals surface area contributed by atoms with Crippen LogP contribution < -0.4 is 11.1 Å². The van der Waals surface area contributed by atoms with Crippen LogP contribution in [0.2, 0.25) is 0 Å². The largest absolute Gasteiger partial charge is 0.490 e. The fourth-order valence-electron chi connectivity index (χ4n) is 3.92. The summed E-state index contributed by atoms with van der Waals surface area (Å²) in [4.78, 5) is 89.6. The van der Waals surface area contributed by atoms with E-state index in [0.29, 0.717) is 0 Å². The predicted octanol–water partition coefficient (Wildman–Crippen LogP) is 2.21. The summed E-state index contributed by atoms with van der Waals surface area (Å²) in [5, 5.41) is 55.5. The van der Waals surface area contributed by atoms with E-state index in [1.54, 1.807) is 0 Å². The van der Waals surface area contributed by atoms with Gasteiger partial charge in [0.25, 0.3) is 23.2 Å². The highest BCUT2D eigenvalue weighted by Gasteiger charge is 2.54. The van der Waals surface area contributed by atoms with Crippen molar-refractivity contribution in [1.82, 2.24) is 15.2 Å². The Morgan fingerprint density at radius 3 is 2.24 bits per heavy atom. The number of carboxylic acids is 3. The summed E-state index contributed by atoms with van der Waals surface area (Å²) in [6.07, 6.45) is -2.61. The van der Waals surface area contributed by atoms with Crippen molar-refractivity contribution in [1.29, 1.82) is 0 Å². The van der Waals surface area contributed by atoms with Gasteiger partial charge in [0.05, 0.1) is 21.5 Å². The molecule has 1 aromatic heterocycles. The molecule has 0 radical (unpaired) electrons. The molecule has 51 heavy (non-hydrogen) atoms. The van der Waals surface area contributed by atoms with Gasteiger partial charge >= 0.3 is 24.1 Å². The lowest BCUT2D eigenvalue weighted by Gasteiger charge is -2.49. The van der Waals surface area contributed by atoms with Gasteiger partial charge in [-0.15, -0.1) is 23.1 Å². The van der Waals surface area contributed by atoms with E-state index in [4.69, 9.17) is 20.5 Å². The number of oxime groups is 1. The average Bonchev–Trinajstić information content (AvgIpc) is 3.46. The van der Waals surface area contributed by atoms with Gasteiger partial charge in [-0.3, -0.25) is 34.7 Å². The molecule has 3 heterocycles. The lowest BCUT2D eigenvalue weighted by Crippen LogP contribution is -2.71. The molecule has 0 bridgehead atoms. The maximum atomic E-state index is 13.2. The topological polar surface area (TPSA) is 308 Å². The van der Waals surface area contributed by atoms with Crippen molar-refractivity contribution in [3.63, 3.8) is 0 Å². The fraction of sp³-hybridized carbons (Fsp3) is 0.269. The number of hydrogen-bond donors (Lipinski definition) is 5. The Kier molecular flexibility index (Phi) is 11.7. The van der Waals surface area contributed by atoms with Gasteiger partial charge in [-0.25, -0.2) is 19.4 Å². The lowest BCUT2D eigenvalue weighted by molar-refractivity contribution is -0.394. The molecule has 2 aliphatic rings. The summed E-state index contributed by atoms with van der Waals surface area (Å²) in [7, 11) is 0. The molecule has 20 nitrogen and oxygen atoms in total. The second-order valence-electron chi connectivity index (χ2n) is 10.4. The smallest absolute Gasteiger partial charge is 0.478 e. The maximum Gasteiger partial charge on any atom is 0.490 e. The first kappa shape index (κ1) is 39.3. The first-order valence-electron chi connectivity index (χ1n) is 13.4. The SMILES string of the molecule is CC(C)(ON=C(C(=O)N[C@@H]1C(=O)N2C(C(=O)O)=C(/C=C\c3ccc([N+](=O)[O-])cc3[N+](=O)[O-])CS[C@@H]12)c1csc(N)n1)C(=O)O.O=C(O)C(F)(F)F. The van der Waals surface area contributed by atoms with Crippen LogP contribution >= 0.6 is 23.1 Å². The van der Waals surface area contributed by atoms with Crippen LogP contribution in [-0.2, 0) is 28.8 Å². The van der Waals surface area contributed by atoms with Crippen LogP contribution in [0.3, 0.4) is 0 Å². The number of non-ortho nitro benzene ring substituents is 1. The van der Waals surface area contributed by atoms with Crippen molar-refractivity contribution < 1.29 is 67.1 Å². The number of carbonyl (C=O) groups excluding carboxylic acids is 2. The molecule has 25 heteroatoms. The number of anilines is 1. The number of thioether (sulfide) groups is 1. The van der Waals surface area contributed by atoms with E-state index in [-0.39, 0.29) is 27.7 Å². The molecular weight excluding hydrogens is 739 g/mol. The van der Waals surface area contributed by atoms with Gasteiger partial charge in [-0.2, -0.15) is 13.2 Å². The molecule has 6 N–H and O–H groups in total. The summed E-state index contributed by atoms with van der Waals surface area (Å²) in [5.41, 5.74) is 1.89. The van der Waals surface area contributed by atoms with Crippen molar-refractivity contribution in [2.75, 3.05) is 11.5 Å². The molecule has 0 saturated carbocycles. The second-order valence-corrected chi connectivity index (χ2v) is 12.3. The number of benzene rings is 1. The molecule has 2 aliphatic heterocycles. The second kappa shape index (κ2) is 15.2. The number of nitro benzene ring substituents is 2. The van der Waals surface area contributed by atoms with Gasteiger partial charge in [-0.1, -0.05) is 11.2 Å². The number of aliphatic carboxylic acids is 3. The molecular formula is C26H22F3N7O13S2. The maximum absolute atomic E-state index is 13.2. The number of carbonyl (C=O) groups is 5. The van der Waals surface area contributed by atoms with Gasteiger partial charge in [0, 0.05) is 17.2 Å². The van der Waals surface area contributed by atoms with Crippen molar-refractivity contribution >= 4 is 81.1 Å². The number of hydrogen-bond acceptors (Lipinski definition) is 15. The number of carboxylic acid groups (broad SMARTS) is 3. The number of alkyl halides is 3. The fourth-order valence-corrected chi connectivity index (χ4v) is 5.78. The van der Waals surface area contributed by atoms with Crippen LogP contribution in [0.25, 0.3) is 6.08 Å². The molecule has 0 spiro atoms. The van der Waals surface area contributed by atoms with Crippen molar-refractivity contribution in [3.05, 3.63) is 72.4 Å². The Morgan fingerprint density at radius 1 is 1.12 bits per heavy atom. The number of fused-ring (bicyclic) bond motifs is 1. The summed E-state index contributed by atoms with van der Waals surface area (Å²) < 4.78 is 31.7. The predicted molar refractivity (Wildman–Crippen MR) is 168 cm³/mol. The number of halogens is 3. The minimum atomic E-state index is -5.08. The molecule has 1 saturated heterocycles. The quantitative estimate of drug-likeness (QED) is 0.0948. The summed E-state index contributed by atoms with van der Waals surface area (Å²) in [6.45, 7) is 2.39. The summed E-state index contributed by atoms with van der Waals surface area (Å²) in [6, 6.07) is 1.76. The summed E-state index contributed by atoms with van der Waals surface area (Å²) in [5.74, 6) is -7.35. The number of amides is 2. The normalized spacial score (nSPS) is 17.5. The zero-order valence-corrected chi connectivity index (χ0v) is 27.1. The standard InChI is InChI=1S/C24H21N7O11S2.C2HF3O2/c1-24(2,22(36)37)42-28-15(13-9-44-23(25)26-13)18(32)27-16-19(33)29-17(21(34)35)11(8-43-20(16)29)4-3-10-5-6-12(30(38)39)7-14(10)31(40)41;3-2(4,5)1(6)7/h3-7,9,16,20H,8H2,1-2H3,(H2,25,26)(H,27,32)(H,34,35)(H,36,37);(H,6,7)/b4-3-,28-15?;/t16-,20+;/m1./s1. The number of thiazole rings is 1. The highest BCUT2D eigenvalue weighted by atomic mass is 32.2. The van der Waals surface area contributed by atoms with Crippen LogP contribution in [0.5, 0.6) is 0 Å². The highest BCUT2D eigenvalue weighted by Crippen LogP contribution is 2.41. The van der Waals surface area contributed by atoms with Gasteiger partial charge < -0.3 is 31.2 Å². The number of aromatic nitrogens is 1. The number of nitrogens with zero attached hydrogens (tertiary/aromatic N) is 5. The minimum Gasteiger partial charge on any atom is -0.478 e. The number of β-lactam (4-membered cyclic amide) rings is 1. The molecule has 272 valence electrons. The number of nitro groups is 2. The molecule has 1 fully saturated rings. The Labute approximate surface area is 289 Å². The van der Waals surface area contributed by atoms with E-state index in [9.17, 15) is 62.8 Å². The zero-order chi connectivity index (χ0) is 38.6.